The number of benzene rings is 1. The molecule has 1 atom stereocenters. The molecule has 0 fully saturated rings. The van der Waals surface area contributed by atoms with Gasteiger partial charge >= 0.3 is 5.97 Å². The Morgan fingerprint density at radius 1 is 1.47 bits per heavy atom. The summed E-state index contributed by atoms with van der Waals surface area (Å²) >= 11 is 0. The van der Waals surface area contributed by atoms with E-state index in [9.17, 15) is 9.90 Å². The van der Waals surface area contributed by atoms with Crippen molar-refractivity contribution in [2.75, 3.05) is 13.7 Å². The molecule has 5 nitrogen and oxygen atoms in total. The van der Waals surface area contributed by atoms with Crippen molar-refractivity contribution in [3.05, 3.63) is 22.8 Å². The summed E-state index contributed by atoms with van der Waals surface area (Å²) in [4.78, 5) is 11.0. The lowest BCUT2D eigenvalue weighted by atomic mass is 9.93. The minimum atomic E-state index is -1.06. The number of methoxy groups -OCH3 is 1. The highest BCUT2D eigenvalue weighted by atomic mass is 16.5. The van der Waals surface area contributed by atoms with Crippen molar-refractivity contribution in [1.82, 2.24) is 0 Å². The van der Waals surface area contributed by atoms with Gasteiger partial charge in [-0.2, -0.15) is 0 Å². The third-order valence-electron chi connectivity index (χ3n) is 2.98. The Hall–Kier alpha value is -1.75. The van der Waals surface area contributed by atoms with Crippen LogP contribution in [-0.2, 0) is 4.79 Å². The molecule has 1 aromatic rings. The SMILES string of the molecule is COc1cc(C(CN)C(=O)O)c(O)c(C)c1C. The molecule has 1 rings (SSSR count). The van der Waals surface area contributed by atoms with Crippen molar-refractivity contribution in [3.8, 4) is 11.5 Å². The molecule has 1 unspecified atom stereocenters. The average molecular weight is 239 g/mol. The third-order valence-corrected chi connectivity index (χ3v) is 2.98. The second-order valence-electron chi connectivity index (χ2n) is 3.89. The van der Waals surface area contributed by atoms with E-state index < -0.39 is 11.9 Å². The van der Waals surface area contributed by atoms with Crippen molar-refractivity contribution >= 4 is 5.97 Å². The zero-order chi connectivity index (χ0) is 13.2. The fourth-order valence-electron chi connectivity index (χ4n) is 1.74. The fourth-order valence-corrected chi connectivity index (χ4v) is 1.74. The van der Waals surface area contributed by atoms with Crippen LogP contribution in [0.2, 0.25) is 0 Å². The number of carboxylic acid groups (broad SMARTS) is 1. The van der Waals surface area contributed by atoms with Gasteiger partial charge in [-0.25, -0.2) is 0 Å². The summed E-state index contributed by atoms with van der Waals surface area (Å²) in [6.45, 7) is 3.44. The molecule has 0 saturated carbocycles. The molecular formula is C12H17NO4. The first-order chi connectivity index (χ1) is 7.93. The maximum Gasteiger partial charge on any atom is 0.312 e. The summed E-state index contributed by atoms with van der Waals surface area (Å²) < 4.78 is 5.15. The van der Waals surface area contributed by atoms with Crippen LogP contribution in [0.1, 0.15) is 22.6 Å². The number of aromatic hydroxyl groups is 1. The van der Waals surface area contributed by atoms with Gasteiger partial charge in [0.15, 0.2) is 0 Å². The van der Waals surface area contributed by atoms with E-state index in [4.69, 9.17) is 15.6 Å². The topological polar surface area (TPSA) is 92.8 Å². The van der Waals surface area contributed by atoms with E-state index in [0.717, 1.165) is 5.56 Å². The molecule has 0 heterocycles. The first-order valence-corrected chi connectivity index (χ1v) is 5.23. The van der Waals surface area contributed by atoms with E-state index in [1.165, 1.54) is 13.2 Å². The first-order valence-electron chi connectivity index (χ1n) is 5.23. The van der Waals surface area contributed by atoms with E-state index in [0.29, 0.717) is 16.9 Å². The molecular weight excluding hydrogens is 222 g/mol. The molecule has 5 heteroatoms. The molecule has 0 aliphatic carbocycles. The maximum atomic E-state index is 11.0. The number of hydrogen-bond donors (Lipinski definition) is 3. The average Bonchev–Trinajstić information content (AvgIpc) is 2.29. The van der Waals surface area contributed by atoms with Gasteiger partial charge in [-0.15, -0.1) is 0 Å². The van der Waals surface area contributed by atoms with Crippen LogP contribution in [0.4, 0.5) is 0 Å². The Bertz CT molecular complexity index is 443. The Balaban J connectivity index is 3.43. The van der Waals surface area contributed by atoms with Gasteiger partial charge in [0.2, 0.25) is 0 Å². The van der Waals surface area contributed by atoms with Gasteiger partial charge in [-0.1, -0.05) is 0 Å². The number of carbonyl (C=O) groups is 1. The quantitative estimate of drug-likeness (QED) is 0.732. The first kappa shape index (κ1) is 13.3. The number of carboxylic acids is 1. The Morgan fingerprint density at radius 3 is 2.47 bits per heavy atom. The molecule has 0 bridgehead atoms. The number of ether oxygens (including phenoxy) is 1. The fraction of sp³-hybridized carbons (Fsp3) is 0.417. The predicted molar refractivity (Wildman–Crippen MR) is 63.6 cm³/mol. The number of nitrogens with two attached hydrogens (primary N) is 1. The Kier molecular flexibility index (Phi) is 3.96. The zero-order valence-electron chi connectivity index (χ0n) is 10.2. The van der Waals surface area contributed by atoms with E-state index >= 15 is 0 Å². The molecule has 1 aromatic carbocycles. The van der Waals surface area contributed by atoms with Crippen LogP contribution in [0.3, 0.4) is 0 Å². The second kappa shape index (κ2) is 5.05. The lowest BCUT2D eigenvalue weighted by Gasteiger charge is -2.17. The molecule has 94 valence electrons. The van der Waals surface area contributed by atoms with Crippen molar-refractivity contribution < 1.29 is 19.7 Å². The second-order valence-corrected chi connectivity index (χ2v) is 3.89. The summed E-state index contributed by atoms with van der Waals surface area (Å²) in [6.07, 6.45) is 0. The largest absolute Gasteiger partial charge is 0.507 e. The van der Waals surface area contributed by atoms with E-state index in [2.05, 4.69) is 0 Å². The number of phenolic OH excluding ortho intramolecular Hbond substituents is 1. The Labute approximate surface area is 99.8 Å². The van der Waals surface area contributed by atoms with Crippen molar-refractivity contribution in [2.45, 2.75) is 19.8 Å². The maximum absolute atomic E-state index is 11.0. The molecule has 0 aromatic heterocycles. The van der Waals surface area contributed by atoms with Crippen molar-refractivity contribution in [1.29, 1.82) is 0 Å². The van der Waals surface area contributed by atoms with Crippen LogP contribution in [0, 0.1) is 13.8 Å². The molecule has 0 aliphatic rings. The van der Waals surface area contributed by atoms with Gasteiger partial charge in [0, 0.05) is 12.1 Å². The molecule has 0 spiro atoms. The predicted octanol–water partition coefficient (Wildman–Crippen LogP) is 1.14. The van der Waals surface area contributed by atoms with Crippen LogP contribution in [0.15, 0.2) is 6.07 Å². The number of hydrogen-bond acceptors (Lipinski definition) is 4. The molecule has 0 amide bonds. The molecule has 17 heavy (non-hydrogen) atoms. The highest BCUT2D eigenvalue weighted by Crippen LogP contribution is 2.36. The number of phenols is 1. The van der Waals surface area contributed by atoms with E-state index in [1.54, 1.807) is 13.8 Å². The minimum Gasteiger partial charge on any atom is -0.507 e. The molecule has 0 radical (unpaired) electrons. The van der Waals surface area contributed by atoms with Gasteiger partial charge in [-0.3, -0.25) is 4.79 Å². The van der Waals surface area contributed by atoms with Crippen LogP contribution in [0.5, 0.6) is 11.5 Å². The monoisotopic (exact) mass is 239 g/mol. The van der Waals surface area contributed by atoms with E-state index in [-0.39, 0.29) is 12.3 Å². The van der Waals surface area contributed by atoms with Crippen molar-refractivity contribution in [3.63, 3.8) is 0 Å². The lowest BCUT2D eigenvalue weighted by Crippen LogP contribution is -2.21. The highest BCUT2D eigenvalue weighted by Gasteiger charge is 2.24. The van der Waals surface area contributed by atoms with Crippen molar-refractivity contribution in [2.24, 2.45) is 5.73 Å². The summed E-state index contributed by atoms with van der Waals surface area (Å²) in [5, 5.41) is 19.0. The summed E-state index contributed by atoms with van der Waals surface area (Å²) in [7, 11) is 1.50. The lowest BCUT2D eigenvalue weighted by molar-refractivity contribution is -0.138. The molecule has 0 saturated heterocycles. The van der Waals surface area contributed by atoms with Crippen LogP contribution < -0.4 is 10.5 Å². The molecule has 4 N–H and O–H groups in total. The van der Waals surface area contributed by atoms with Crippen LogP contribution in [0.25, 0.3) is 0 Å². The summed E-state index contributed by atoms with van der Waals surface area (Å²) in [6, 6.07) is 1.53. The van der Waals surface area contributed by atoms with Gasteiger partial charge in [0.25, 0.3) is 0 Å². The Morgan fingerprint density at radius 2 is 2.06 bits per heavy atom. The number of aliphatic carboxylic acids is 1. The highest BCUT2D eigenvalue weighted by molar-refractivity contribution is 5.78. The standard InChI is InChI=1S/C12H17NO4/c1-6-7(2)11(14)8(4-10(6)17-3)9(5-13)12(15)16/h4,9,14H,5,13H2,1-3H3,(H,15,16). The van der Waals surface area contributed by atoms with Gasteiger partial charge in [0.05, 0.1) is 13.0 Å². The normalized spacial score (nSPS) is 12.2. The zero-order valence-corrected chi connectivity index (χ0v) is 10.2. The van der Waals surface area contributed by atoms with Crippen LogP contribution >= 0.6 is 0 Å². The molecule has 0 aliphatic heterocycles. The van der Waals surface area contributed by atoms with E-state index in [1.807, 2.05) is 0 Å². The summed E-state index contributed by atoms with van der Waals surface area (Å²) in [5.41, 5.74) is 7.11. The summed E-state index contributed by atoms with van der Waals surface area (Å²) in [5.74, 6) is -1.47. The van der Waals surface area contributed by atoms with Gasteiger partial charge in [0.1, 0.15) is 11.5 Å². The van der Waals surface area contributed by atoms with Crippen LogP contribution in [-0.4, -0.2) is 29.8 Å². The minimum absolute atomic E-state index is 0.0267. The van der Waals surface area contributed by atoms with Gasteiger partial charge < -0.3 is 20.7 Å². The smallest absolute Gasteiger partial charge is 0.312 e. The van der Waals surface area contributed by atoms with Gasteiger partial charge in [-0.05, 0) is 31.0 Å². The third kappa shape index (κ3) is 2.34. The number of rotatable bonds is 4.